The second kappa shape index (κ2) is 26.7. The van der Waals surface area contributed by atoms with Crippen molar-refractivity contribution in [2.75, 3.05) is 13.2 Å². The lowest BCUT2D eigenvalue weighted by molar-refractivity contribution is -0.144. The van der Waals surface area contributed by atoms with Crippen LogP contribution in [0, 0.1) is 11.8 Å². The summed E-state index contributed by atoms with van der Waals surface area (Å²) < 4.78 is 5.84. The highest BCUT2D eigenvalue weighted by atomic mass is 16.5. The summed E-state index contributed by atoms with van der Waals surface area (Å²) in [5.41, 5.74) is 5.77. The number of carboxylic acids is 1. The number of nitrogens with one attached hydrogen (secondary N) is 2. The van der Waals surface area contributed by atoms with Crippen LogP contribution in [0.15, 0.2) is 24.3 Å². The first-order valence-electron chi connectivity index (χ1n) is 20.2. The number of aromatic nitrogens is 4. The number of hydrogen-bond acceptors (Lipinski definition) is 10. The highest BCUT2D eigenvalue weighted by molar-refractivity contribution is 5.91. The Labute approximate surface area is 321 Å². The van der Waals surface area contributed by atoms with Gasteiger partial charge in [-0.3, -0.25) is 24.0 Å². The predicted molar refractivity (Wildman–Crippen MR) is 209 cm³/mol. The van der Waals surface area contributed by atoms with Crippen LogP contribution < -0.4 is 15.8 Å². The molecule has 0 bridgehead atoms. The molecule has 0 aliphatic rings. The SMILES string of the molecule is CC(=O)[C@H](CCCCNC(=O)CCC(CC(=O)CCCCCCCCCCCCCCCOc1ccc(-c2nn[nH]n2)cc1)C(=O)O)CC(=O)C(C)(C)N. The Morgan fingerprint density at radius 1 is 0.778 bits per heavy atom. The van der Waals surface area contributed by atoms with Crippen LogP contribution in [0.3, 0.4) is 0 Å². The summed E-state index contributed by atoms with van der Waals surface area (Å²) in [4.78, 5) is 60.7. The van der Waals surface area contributed by atoms with Gasteiger partial charge in [0.2, 0.25) is 11.7 Å². The van der Waals surface area contributed by atoms with Crippen molar-refractivity contribution >= 4 is 29.2 Å². The van der Waals surface area contributed by atoms with Gasteiger partial charge in [-0.2, -0.15) is 5.21 Å². The first-order valence-corrected chi connectivity index (χ1v) is 20.2. The molecule has 0 saturated carbocycles. The number of nitrogens with zero attached hydrogens (tertiary/aromatic N) is 3. The Bertz CT molecular complexity index is 1380. The third-order valence-electron chi connectivity index (χ3n) is 9.90. The van der Waals surface area contributed by atoms with E-state index in [4.69, 9.17) is 10.5 Å². The van der Waals surface area contributed by atoms with Gasteiger partial charge in [0.05, 0.1) is 18.1 Å². The lowest BCUT2D eigenvalue weighted by Gasteiger charge is -2.20. The molecule has 1 aromatic carbocycles. The summed E-state index contributed by atoms with van der Waals surface area (Å²) >= 11 is 0. The summed E-state index contributed by atoms with van der Waals surface area (Å²) in [6, 6.07) is 7.72. The number of hydrogen-bond donors (Lipinski definition) is 4. The van der Waals surface area contributed by atoms with E-state index in [1.165, 1.54) is 58.3 Å². The van der Waals surface area contributed by atoms with Crippen molar-refractivity contribution in [2.45, 2.75) is 161 Å². The summed E-state index contributed by atoms with van der Waals surface area (Å²) in [7, 11) is 0. The molecule has 1 unspecified atom stereocenters. The number of aromatic amines is 1. The van der Waals surface area contributed by atoms with Crippen molar-refractivity contribution in [1.82, 2.24) is 25.9 Å². The summed E-state index contributed by atoms with van der Waals surface area (Å²) in [6.07, 6.45) is 17.4. The number of carbonyl (C=O) groups excluding carboxylic acids is 4. The summed E-state index contributed by atoms with van der Waals surface area (Å²) in [5, 5.41) is 26.4. The number of aliphatic carboxylic acids is 1. The number of ether oxygens (including phenoxy) is 1. The molecule has 302 valence electrons. The minimum absolute atomic E-state index is 0.0396. The average molecular weight is 755 g/mol. The standard InChI is InChI=1S/C41H66N6O7/c1-31(48)33(30-37(50)41(2,3)42)19-16-17-27-43-38(51)26-23-34(40(52)53)29-35(49)20-15-13-11-9-7-5-4-6-8-10-12-14-18-28-54-36-24-21-32(22-25-36)39-44-46-47-45-39/h21-22,24-25,33-34H,4-20,23,26-30,42H2,1-3H3,(H,43,51)(H,52,53)(H,44,45,46,47)/t33-,34?/m1/s1. The number of carboxylic acid groups (broad SMARTS) is 1. The fourth-order valence-electron chi connectivity index (χ4n) is 6.31. The minimum atomic E-state index is -1.05. The zero-order valence-corrected chi connectivity index (χ0v) is 33.0. The molecular weight excluding hydrogens is 688 g/mol. The van der Waals surface area contributed by atoms with Gasteiger partial charge in [-0.05, 0) is 82.4 Å². The lowest BCUT2D eigenvalue weighted by Crippen LogP contribution is -2.42. The second-order valence-corrected chi connectivity index (χ2v) is 15.3. The van der Waals surface area contributed by atoms with E-state index in [0.29, 0.717) is 38.1 Å². The van der Waals surface area contributed by atoms with E-state index in [2.05, 4.69) is 25.9 Å². The largest absolute Gasteiger partial charge is 0.494 e. The van der Waals surface area contributed by atoms with E-state index in [9.17, 15) is 29.1 Å². The van der Waals surface area contributed by atoms with Gasteiger partial charge in [-0.1, -0.05) is 77.0 Å². The number of unbranched alkanes of at least 4 members (excludes halogenated alkanes) is 13. The van der Waals surface area contributed by atoms with Gasteiger partial charge in [-0.25, -0.2) is 0 Å². The summed E-state index contributed by atoms with van der Waals surface area (Å²) in [6.45, 7) is 5.85. The predicted octanol–water partition coefficient (Wildman–Crippen LogP) is 7.34. The monoisotopic (exact) mass is 754 g/mol. The lowest BCUT2D eigenvalue weighted by atomic mass is 9.87. The van der Waals surface area contributed by atoms with Crippen LogP contribution in [0.4, 0.5) is 0 Å². The second-order valence-electron chi connectivity index (χ2n) is 15.3. The molecule has 13 nitrogen and oxygen atoms in total. The van der Waals surface area contributed by atoms with Crippen molar-refractivity contribution < 1.29 is 33.8 Å². The normalized spacial score (nSPS) is 12.6. The van der Waals surface area contributed by atoms with Crippen LogP contribution in [-0.2, 0) is 24.0 Å². The number of ketones is 3. The molecule has 1 heterocycles. The number of tetrazole rings is 1. The average Bonchev–Trinajstić information content (AvgIpc) is 3.67. The molecule has 0 spiro atoms. The number of H-pyrrole nitrogens is 1. The molecule has 2 atom stereocenters. The van der Waals surface area contributed by atoms with Crippen LogP contribution >= 0.6 is 0 Å². The first-order chi connectivity index (χ1) is 25.9. The van der Waals surface area contributed by atoms with E-state index in [1.807, 2.05) is 24.3 Å². The quantitative estimate of drug-likeness (QED) is 0.0530. The highest BCUT2D eigenvalue weighted by Gasteiger charge is 2.27. The van der Waals surface area contributed by atoms with Crippen LogP contribution in [0.1, 0.15) is 156 Å². The fraction of sp³-hybridized carbons (Fsp3) is 0.707. The molecule has 0 radical (unpaired) electrons. The number of rotatable bonds is 33. The highest BCUT2D eigenvalue weighted by Crippen LogP contribution is 2.21. The number of carbonyl (C=O) groups is 5. The fourth-order valence-corrected chi connectivity index (χ4v) is 6.31. The van der Waals surface area contributed by atoms with Gasteiger partial charge in [0.15, 0.2) is 5.78 Å². The van der Waals surface area contributed by atoms with Crippen molar-refractivity contribution in [1.29, 1.82) is 0 Å². The van der Waals surface area contributed by atoms with Crippen molar-refractivity contribution in [2.24, 2.45) is 17.6 Å². The van der Waals surface area contributed by atoms with Gasteiger partial charge in [0.1, 0.15) is 17.3 Å². The molecule has 13 heteroatoms. The van der Waals surface area contributed by atoms with Gasteiger partial charge >= 0.3 is 5.97 Å². The van der Waals surface area contributed by atoms with Crippen LogP contribution in [-0.4, -0.2) is 73.6 Å². The molecule has 54 heavy (non-hydrogen) atoms. The van der Waals surface area contributed by atoms with E-state index >= 15 is 0 Å². The number of nitrogens with two attached hydrogens (primary N) is 1. The van der Waals surface area contributed by atoms with E-state index in [1.54, 1.807) is 13.8 Å². The Hall–Kier alpha value is -4.00. The molecule has 1 aromatic heterocycles. The van der Waals surface area contributed by atoms with Crippen molar-refractivity contribution in [3.63, 3.8) is 0 Å². The Balaban J connectivity index is 1.39. The molecule has 0 aliphatic heterocycles. The van der Waals surface area contributed by atoms with Gasteiger partial charge in [-0.15, -0.1) is 10.2 Å². The molecule has 2 aromatic rings. The number of benzene rings is 1. The molecule has 0 aliphatic carbocycles. The smallest absolute Gasteiger partial charge is 0.306 e. The van der Waals surface area contributed by atoms with Gasteiger partial charge in [0, 0.05) is 43.7 Å². The maximum Gasteiger partial charge on any atom is 0.306 e. The maximum atomic E-state index is 12.5. The van der Waals surface area contributed by atoms with E-state index in [-0.39, 0.29) is 54.9 Å². The zero-order valence-electron chi connectivity index (χ0n) is 33.0. The topological polar surface area (TPSA) is 207 Å². The van der Waals surface area contributed by atoms with Gasteiger partial charge < -0.3 is 20.9 Å². The van der Waals surface area contributed by atoms with E-state index < -0.39 is 17.4 Å². The minimum Gasteiger partial charge on any atom is -0.494 e. The Kier molecular flexibility index (Phi) is 22.8. The molecule has 0 saturated heterocycles. The summed E-state index contributed by atoms with van der Waals surface area (Å²) in [5.74, 6) is -1.38. The van der Waals surface area contributed by atoms with Crippen LogP contribution in [0.5, 0.6) is 5.75 Å². The maximum absolute atomic E-state index is 12.5. The third kappa shape index (κ3) is 21.0. The third-order valence-corrected chi connectivity index (χ3v) is 9.90. The Morgan fingerprint density at radius 3 is 1.91 bits per heavy atom. The zero-order chi connectivity index (χ0) is 39.6. The molecule has 1 amide bonds. The van der Waals surface area contributed by atoms with Crippen molar-refractivity contribution in [3.05, 3.63) is 24.3 Å². The first kappa shape index (κ1) is 46.2. The molecule has 2 rings (SSSR count). The van der Waals surface area contributed by atoms with Crippen molar-refractivity contribution in [3.8, 4) is 17.1 Å². The number of amides is 1. The van der Waals surface area contributed by atoms with Crippen LogP contribution in [0.25, 0.3) is 11.4 Å². The Morgan fingerprint density at radius 2 is 1.37 bits per heavy atom. The molecular formula is C41H66N6O7. The van der Waals surface area contributed by atoms with Crippen LogP contribution in [0.2, 0.25) is 0 Å². The van der Waals surface area contributed by atoms with Gasteiger partial charge in [0.25, 0.3) is 0 Å². The number of Topliss-reactive ketones (excluding diaryl/α,β-unsaturated/α-hetero) is 3. The molecule has 5 N–H and O–H groups in total. The van der Waals surface area contributed by atoms with E-state index in [0.717, 1.165) is 50.0 Å². The molecule has 0 fully saturated rings.